The zero-order chi connectivity index (χ0) is 17.6. The molecule has 0 fully saturated rings. The highest BCUT2D eigenvalue weighted by molar-refractivity contribution is 7.15. The first-order valence-corrected chi connectivity index (χ1v) is 9.56. The van der Waals surface area contributed by atoms with Crippen LogP contribution in [-0.4, -0.2) is 35.9 Å². The van der Waals surface area contributed by atoms with E-state index in [2.05, 4.69) is 32.9 Å². The van der Waals surface area contributed by atoms with E-state index in [9.17, 15) is 9.59 Å². The number of nitrogens with one attached hydrogen (secondary N) is 1. The summed E-state index contributed by atoms with van der Waals surface area (Å²) in [7, 11) is 0. The average molecular weight is 379 g/mol. The van der Waals surface area contributed by atoms with Gasteiger partial charge in [0.1, 0.15) is 16.6 Å². The van der Waals surface area contributed by atoms with Crippen molar-refractivity contribution in [2.45, 2.75) is 39.2 Å². The molecule has 0 aliphatic heterocycles. The molecule has 0 spiro atoms. The molecule has 0 aromatic carbocycles. The highest BCUT2D eigenvalue weighted by Gasteiger charge is 2.14. The summed E-state index contributed by atoms with van der Waals surface area (Å²) >= 11 is 2.71. The van der Waals surface area contributed by atoms with Gasteiger partial charge in [0.2, 0.25) is 11.0 Å². The zero-order valence-corrected chi connectivity index (χ0v) is 15.2. The Hall–Kier alpha value is -2.40. The average Bonchev–Trinajstić information content (AvgIpc) is 3.31. The number of aromatic nitrogens is 6. The fraction of sp³-hybridized carbons (Fsp3) is 0.429. The van der Waals surface area contributed by atoms with Gasteiger partial charge < -0.3 is 0 Å². The Bertz CT molecular complexity index is 881. The minimum atomic E-state index is -0.463. The molecule has 9 nitrogen and oxygen atoms in total. The van der Waals surface area contributed by atoms with Crippen molar-refractivity contribution in [3.63, 3.8) is 0 Å². The molecule has 0 atom stereocenters. The summed E-state index contributed by atoms with van der Waals surface area (Å²) < 4.78 is 2.17. The fourth-order valence-corrected chi connectivity index (χ4v) is 3.59. The number of tetrazole rings is 1. The predicted molar refractivity (Wildman–Crippen MR) is 95.3 cm³/mol. The largest absolute Gasteiger partial charge is 0.369 e. The third-order valence-electron chi connectivity index (χ3n) is 3.36. The van der Waals surface area contributed by atoms with Gasteiger partial charge in [-0.05, 0) is 34.4 Å². The van der Waals surface area contributed by atoms with Crippen LogP contribution in [0.4, 0.5) is 5.13 Å². The lowest BCUT2D eigenvalue weighted by molar-refractivity contribution is -0.117. The van der Waals surface area contributed by atoms with Gasteiger partial charge in [-0.3, -0.25) is 10.1 Å². The maximum absolute atomic E-state index is 12.2. The number of rotatable bonds is 8. The Labute approximate surface area is 151 Å². The van der Waals surface area contributed by atoms with E-state index in [-0.39, 0.29) is 6.54 Å². The second-order valence-corrected chi connectivity index (χ2v) is 7.28. The van der Waals surface area contributed by atoms with Crippen LogP contribution in [0.1, 0.15) is 31.2 Å². The van der Waals surface area contributed by atoms with Crippen LogP contribution >= 0.6 is 22.7 Å². The van der Waals surface area contributed by atoms with Gasteiger partial charge in [0.15, 0.2) is 0 Å². The van der Waals surface area contributed by atoms with Crippen molar-refractivity contribution in [1.29, 1.82) is 0 Å². The maximum atomic E-state index is 12.2. The van der Waals surface area contributed by atoms with Gasteiger partial charge in [0.25, 0.3) is 0 Å². The topological polar surface area (TPSA) is 108 Å². The van der Waals surface area contributed by atoms with Crippen LogP contribution in [0.15, 0.2) is 22.3 Å². The molecular weight excluding hydrogens is 362 g/mol. The lowest BCUT2D eigenvalue weighted by atomic mass is 10.2. The number of hydrogen-bond acceptors (Lipinski definition) is 8. The number of unbranched alkanes of at least 4 members (excludes halogenated alkanes) is 2. The van der Waals surface area contributed by atoms with Gasteiger partial charge >= 0.3 is 5.69 Å². The Morgan fingerprint density at radius 2 is 2.16 bits per heavy atom. The Morgan fingerprint density at radius 3 is 2.92 bits per heavy atom. The summed E-state index contributed by atoms with van der Waals surface area (Å²) in [5.41, 5.74) is -0.463. The standard InChI is InChI=1S/C14H17N7O2S2/c1-2-3-4-6-11-16-17-13(25-11)15-10(22)9-20-14(23)21(19-18-20)12-7-5-8-24-12/h5,7-8H,2-4,6,9H2,1H3,(H,15,17,22). The van der Waals surface area contributed by atoms with Crippen LogP contribution in [-0.2, 0) is 17.8 Å². The van der Waals surface area contributed by atoms with Gasteiger partial charge in [0.05, 0.1) is 0 Å². The van der Waals surface area contributed by atoms with Crippen LogP contribution < -0.4 is 11.0 Å². The molecule has 3 rings (SSSR count). The molecule has 1 amide bonds. The predicted octanol–water partition coefficient (Wildman–Crippen LogP) is 1.71. The highest BCUT2D eigenvalue weighted by atomic mass is 32.1. The fourth-order valence-electron chi connectivity index (χ4n) is 2.13. The number of hydrogen-bond donors (Lipinski definition) is 1. The van der Waals surface area contributed by atoms with E-state index in [0.29, 0.717) is 10.1 Å². The number of aryl methyl sites for hydroxylation is 1. The lowest BCUT2D eigenvalue weighted by Gasteiger charge is -1.99. The van der Waals surface area contributed by atoms with Crippen molar-refractivity contribution in [3.8, 4) is 5.00 Å². The summed E-state index contributed by atoms with van der Waals surface area (Å²) in [5, 5.41) is 22.0. The molecule has 0 radical (unpaired) electrons. The van der Waals surface area contributed by atoms with Gasteiger partial charge in [-0.1, -0.05) is 31.1 Å². The summed E-state index contributed by atoms with van der Waals surface area (Å²) in [4.78, 5) is 24.3. The number of thiophene rings is 1. The van der Waals surface area contributed by atoms with Gasteiger partial charge in [-0.2, -0.15) is 9.36 Å². The van der Waals surface area contributed by atoms with Gasteiger partial charge in [-0.15, -0.1) is 21.5 Å². The maximum Gasteiger partial charge on any atom is 0.369 e. The quantitative estimate of drug-likeness (QED) is 0.597. The number of carbonyl (C=O) groups is 1. The van der Waals surface area contributed by atoms with Crippen LogP contribution in [0.25, 0.3) is 5.00 Å². The molecule has 132 valence electrons. The lowest BCUT2D eigenvalue weighted by Crippen LogP contribution is -2.29. The van der Waals surface area contributed by atoms with E-state index in [1.807, 2.05) is 11.4 Å². The molecule has 3 aromatic rings. The normalized spacial score (nSPS) is 10.9. The van der Waals surface area contributed by atoms with Crippen molar-refractivity contribution in [3.05, 3.63) is 33.0 Å². The van der Waals surface area contributed by atoms with E-state index in [4.69, 9.17) is 0 Å². The van der Waals surface area contributed by atoms with Crippen molar-refractivity contribution in [2.75, 3.05) is 5.32 Å². The first-order valence-electron chi connectivity index (χ1n) is 7.86. The number of anilines is 1. The summed E-state index contributed by atoms with van der Waals surface area (Å²) in [6, 6.07) is 3.57. The molecule has 3 heterocycles. The van der Waals surface area contributed by atoms with Crippen LogP contribution in [0.2, 0.25) is 0 Å². The molecule has 0 bridgehead atoms. The third-order valence-corrected chi connectivity index (χ3v) is 5.10. The number of carbonyl (C=O) groups excluding carboxylic acids is 1. The highest BCUT2D eigenvalue weighted by Crippen LogP contribution is 2.17. The molecule has 0 saturated heterocycles. The minimum absolute atomic E-state index is 0.227. The zero-order valence-electron chi connectivity index (χ0n) is 13.6. The van der Waals surface area contributed by atoms with E-state index in [0.717, 1.165) is 40.1 Å². The first-order chi connectivity index (χ1) is 12.2. The Kier molecular flexibility index (Phi) is 5.66. The monoisotopic (exact) mass is 379 g/mol. The molecule has 1 N–H and O–H groups in total. The molecular formula is C14H17N7O2S2. The molecule has 25 heavy (non-hydrogen) atoms. The second-order valence-electron chi connectivity index (χ2n) is 5.29. The Morgan fingerprint density at radius 1 is 1.28 bits per heavy atom. The van der Waals surface area contributed by atoms with Crippen LogP contribution in [0.5, 0.6) is 0 Å². The number of nitrogens with zero attached hydrogens (tertiary/aromatic N) is 6. The molecule has 0 saturated carbocycles. The molecule has 0 aliphatic carbocycles. The second kappa shape index (κ2) is 8.12. The van der Waals surface area contributed by atoms with Gasteiger partial charge in [0, 0.05) is 6.42 Å². The van der Waals surface area contributed by atoms with Crippen molar-refractivity contribution >= 4 is 33.7 Å². The van der Waals surface area contributed by atoms with Crippen molar-refractivity contribution < 1.29 is 4.79 Å². The first kappa shape index (κ1) is 17.4. The van der Waals surface area contributed by atoms with E-state index >= 15 is 0 Å². The summed E-state index contributed by atoms with van der Waals surface area (Å²) in [6.07, 6.45) is 4.20. The third kappa shape index (κ3) is 4.37. The summed E-state index contributed by atoms with van der Waals surface area (Å²) in [5.74, 6) is -0.392. The minimum Gasteiger partial charge on any atom is -0.299 e. The molecule has 0 aliphatic rings. The van der Waals surface area contributed by atoms with E-state index < -0.39 is 11.6 Å². The molecule has 0 unspecified atom stereocenters. The van der Waals surface area contributed by atoms with Crippen molar-refractivity contribution in [2.24, 2.45) is 0 Å². The van der Waals surface area contributed by atoms with Crippen molar-refractivity contribution in [1.82, 2.24) is 30.0 Å². The van der Waals surface area contributed by atoms with Crippen LogP contribution in [0, 0.1) is 0 Å². The summed E-state index contributed by atoms with van der Waals surface area (Å²) in [6.45, 7) is 1.91. The van der Waals surface area contributed by atoms with Gasteiger partial charge in [-0.25, -0.2) is 4.79 Å². The molecule has 11 heteroatoms. The SMILES string of the molecule is CCCCCc1nnc(NC(=O)Cn2nnn(-c3cccs3)c2=O)s1. The smallest absolute Gasteiger partial charge is 0.299 e. The number of amides is 1. The van der Waals surface area contributed by atoms with E-state index in [1.54, 1.807) is 6.07 Å². The molecule has 3 aromatic heterocycles. The van der Waals surface area contributed by atoms with Crippen LogP contribution in [0.3, 0.4) is 0 Å². The Balaban J connectivity index is 1.59. The van der Waals surface area contributed by atoms with E-state index in [1.165, 1.54) is 22.7 Å².